The average molecular weight is 367 g/mol. The molecule has 11 nitrogen and oxygen atoms in total. The van der Waals surface area contributed by atoms with Crippen LogP contribution in [0.3, 0.4) is 0 Å². The van der Waals surface area contributed by atoms with Gasteiger partial charge in [0, 0.05) is 34.7 Å². The molecule has 0 radical (unpaired) electrons. The Morgan fingerprint density at radius 1 is 1.36 bits per heavy atom. The van der Waals surface area contributed by atoms with Crippen molar-refractivity contribution in [1.29, 1.82) is 0 Å². The van der Waals surface area contributed by atoms with Gasteiger partial charge in [-0.2, -0.15) is 0 Å². The van der Waals surface area contributed by atoms with Crippen molar-refractivity contribution >= 4 is 11.9 Å². The zero-order valence-electron chi connectivity index (χ0n) is 14.5. The number of ether oxygens (including phenoxy) is 4. The number of hydrogen-bond acceptors (Lipinski definition) is 9. The second-order valence-electron chi connectivity index (χ2n) is 5.63. The van der Waals surface area contributed by atoms with Gasteiger partial charge in [-0.05, 0) is 0 Å². The van der Waals surface area contributed by atoms with E-state index < -0.39 is 60.8 Å². The van der Waals surface area contributed by atoms with E-state index in [1.54, 1.807) is 0 Å². The minimum atomic E-state index is -2.27. The molecular weight excluding hydrogens is 342 g/mol. The molecule has 1 aliphatic rings. The number of nitrogens with one attached hydrogen (secondary N) is 1. The van der Waals surface area contributed by atoms with Gasteiger partial charge in [-0.25, -0.2) is 4.79 Å². The van der Waals surface area contributed by atoms with Crippen LogP contribution in [-0.4, -0.2) is 96.2 Å². The van der Waals surface area contributed by atoms with Gasteiger partial charge in [0.25, 0.3) is 5.79 Å². The maximum Gasteiger partial charge on any atom is 0.364 e. The standard InChI is InChI=1S/C14H25NO10/c1-7(17)15-10-8(18)5-13(22-2,12(20)21)25-11(10)14(23-3,24-4)9(19)6-16/h8-11,16,18-19H,5-6H2,1-4H3,(H,15,17)(H,20,21)/t8-,9+,10+,11+,13-/m0/s1. The maximum absolute atomic E-state index is 11.6. The van der Waals surface area contributed by atoms with Crippen LogP contribution in [0.4, 0.5) is 0 Å². The van der Waals surface area contributed by atoms with Crippen LogP contribution < -0.4 is 5.32 Å². The molecule has 0 spiro atoms. The van der Waals surface area contributed by atoms with Crippen LogP contribution >= 0.6 is 0 Å². The van der Waals surface area contributed by atoms with Gasteiger partial charge in [-0.1, -0.05) is 0 Å². The zero-order chi connectivity index (χ0) is 19.4. The summed E-state index contributed by atoms with van der Waals surface area (Å²) in [5.41, 5.74) is 0. The second kappa shape index (κ2) is 8.36. The van der Waals surface area contributed by atoms with Crippen LogP contribution in [-0.2, 0) is 28.5 Å². The first-order chi connectivity index (χ1) is 11.6. The SMILES string of the molecule is COC(OC)([C@H](O)CO)[C@@H]1O[C@](OC)(C(=O)O)C[C@H](O)[C@H]1NC(C)=O. The van der Waals surface area contributed by atoms with Crippen molar-refractivity contribution in [2.75, 3.05) is 27.9 Å². The summed E-state index contributed by atoms with van der Waals surface area (Å²) in [6, 6.07) is -1.21. The molecule has 5 N–H and O–H groups in total. The van der Waals surface area contributed by atoms with Crippen molar-refractivity contribution in [1.82, 2.24) is 5.32 Å². The van der Waals surface area contributed by atoms with Gasteiger partial charge in [0.05, 0.1) is 18.8 Å². The number of aliphatic carboxylic acids is 1. The van der Waals surface area contributed by atoms with E-state index in [0.29, 0.717) is 0 Å². The molecule has 0 aromatic rings. The number of carbonyl (C=O) groups excluding carboxylic acids is 1. The smallest absolute Gasteiger partial charge is 0.364 e. The molecule has 1 heterocycles. The molecular formula is C14H25NO10. The van der Waals surface area contributed by atoms with Gasteiger partial charge in [-0.15, -0.1) is 0 Å². The summed E-state index contributed by atoms with van der Waals surface area (Å²) in [6.07, 6.45) is -5.15. The summed E-state index contributed by atoms with van der Waals surface area (Å²) in [7, 11) is 3.33. The summed E-state index contributed by atoms with van der Waals surface area (Å²) < 4.78 is 20.8. The van der Waals surface area contributed by atoms with Crippen LogP contribution in [0.25, 0.3) is 0 Å². The quantitative estimate of drug-likeness (QED) is 0.288. The van der Waals surface area contributed by atoms with Gasteiger partial charge in [0.15, 0.2) is 0 Å². The van der Waals surface area contributed by atoms with E-state index in [4.69, 9.17) is 18.9 Å². The minimum Gasteiger partial charge on any atom is -0.477 e. The zero-order valence-corrected chi connectivity index (χ0v) is 14.5. The second-order valence-corrected chi connectivity index (χ2v) is 5.63. The lowest BCUT2D eigenvalue weighted by atomic mass is 9.86. The van der Waals surface area contributed by atoms with Crippen LogP contribution in [0.5, 0.6) is 0 Å². The Morgan fingerprint density at radius 2 is 1.92 bits per heavy atom. The molecule has 0 aromatic heterocycles. The van der Waals surface area contributed by atoms with E-state index in [-0.39, 0.29) is 0 Å². The van der Waals surface area contributed by atoms with E-state index in [0.717, 1.165) is 21.3 Å². The van der Waals surface area contributed by atoms with Crippen LogP contribution in [0.15, 0.2) is 0 Å². The van der Waals surface area contributed by atoms with E-state index in [1.165, 1.54) is 6.92 Å². The molecule has 11 heteroatoms. The van der Waals surface area contributed by atoms with Crippen molar-refractivity contribution in [3.63, 3.8) is 0 Å². The Labute approximate surface area is 144 Å². The monoisotopic (exact) mass is 367 g/mol. The van der Waals surface area contributed by atoms with E-state index in [1.807, 2.05) is 0 Å². The molecule has 1 rings (SSSR count). The fraction of sp³-hybridized carbons (Fsp3) is 0.857. The van der Waals surface area contributed by atoms with Crippen molar-refractivity contribution in [3.05, 3.63) is 0 Å². The van der Waals surface area contributed by atoms with Crippen molar-refractivity contribution in [3.8, 4) is 0 Å². The fourth-order valence-corrected chi connectivity index (χ4v) is 2.93. The summed E-state index contributed by atoms with van der Waals surface area (Å²) in [5, 5.41) is 41.8. The van der Waals surface area contributed by atoms with Crippen LogP contribution in [0.2, 0.25) is 0 Å². The lowest BCUT2D eigenvalue weighted by Gasteiger charge is -2.51. The molecule has 0 aromatic carbocycles. The Balaban J connectivity index is 3.46. The predicted molar refractivity (Wildman–Crippen MR) is 80.3 cm³/mol. The number of aliphatic hydroxyl groups is 3. The average Bonchev–Trinajstić information content (AvgIpc) is 2.57. The normalized spacial score (nSPS) is 31.4. The number of rotatable bonds is 8. The van der Waals surface area contributed by atoms with E-state index >= 15 is 0 Å². The first-order valence-corrected chi connectivity index (χ1v) is 7.44. The van der Waals surface area contributed by atoms with Crippen molar-refractivity contribution in [2.45, 2.75) is 49.3 Å². The Morgan fingerprint density at radius 3 is 2.28 bits per heavy atom. The molecule has 5 atom stereocenters. The number of aliphatic hydroxyl groups excluding tert-OH is 3. The predicted octanol–water partition coefficient (Wildman–Crippen LogP) is -2.59. The Bertz CT molecular complexity index is 482. The highest BCUT2D eigenvalue weighted by molar-refractivity contribution is 5.76. The van der Waals surface area contributed by atoms with Gasteiger partial charge in [0.1, 0.15) is 12.2 Å². The number of carbonyl (C=O) groups is 2. The first-order valence-electron chi connectivity index (χ1n) is 7.44. The lowest BCUT2D eigenvalue weighted by Crippen LogP contribution is -2.73. The van der Waals surface area contributed by atoms with Crippen LogP contribution in [0, 0.1) is 0 Å². The van der Waals surface area contributed by atoms with Crippen molar-refractivity contribution < 1.29 is 49.0 Å². The third-order valence-electron chi connectivity index (χ3n) is 4.23. The van der Waals surface area contributed by atoms with E-state index in [9.17, 15) is 30.0 Å². The number of carboxylic acid groups (broad SMARTS) is 1. The van der Waals surface area contributed by atoms with Gasteiger partial charge < -0.3 is 44.7 Å². The van der Waals surface area contributed by atoms with Gasteiger partial charge >= 0.3 is 5.97 Å². The summed E-state index contributed by atoms with van der Waals surface area (Å²) >= 11 is 0. The number of hydrogen-bond donors (Lipinski definition) is 5. The van der Waals surface area contributed by atoms with Crippen LogP contribution in [0.1, 0.15) is 13.3 Å². The summed E-state index contributed by atoms with van der Waals surface area (Å²) in [6.45, 7) is 0.361. The van der Waals surface area contributed by atoms with E-state index in [2.05, 4.69) is 5.32 Å². The third-order valence-corrected chi connectivity index (χ3v) is 4.23. The topological polar surface area (TPSA) is 164 Å². The largest absolute Gasteiger partial charge is 0.477 e. The highest BCUT2D eigenvalue weighted by atomic mass is 16.8. The lowest BCUT2D eigenvalue weighted by molar-refractivity contribution is -0.375. The Kier molecular flexibility index (Phi) is 7.26. The molecule has 0 aliphatic carbocycles. The summed E-state index contributed by atoms with van der Waals surface area (Å²) in [5.74, 6) is -6.43. The van der Waals surface area contributed by atoms with Gasteiger partial charge in [0.2, 0.25) is 11.7 Å². The fourth-order valence-electron chi connectivity index (χ4n) is 2.93. The van der Waals surface area contributed by atoms with Gasteiger partial charge in [-0.3, -0.25) is 4.79 Å². The molecule has 1 amide bonds. The molecule has 1 aliphatic heterocycles. The number of amides is 1. The molecule has 1 fully saturated rings. The number of methoxy groups -OCH3 is 3. The molecule has 0 saturated carbocycles. The Hall–Kier alpha value is -1.34. The molecule has 146 valence electrons. The maximum atomic E-state index is 11.6. The van der Waals surface area contributed by atoms with Crippen molar-refractivity contribution in [2.24, 2.45) is 0 Å². The molecule has 1 saturated heterocycles. The number of carboxylic acids is 1. The third kappa shape index (κ3) is 3.92. The first kappa shape index (κ1) is 21.7. The molecule has 0 bridgehead atoms. The minimum absolute atomic E-state index is 0.501. The molecule has 0 unspecified atom stereocenters. The summed E-state index contributed by atoms with van der Waals surface area (Å²) in [4.78, 5) is 23.1. The highest BCUT2D eigenvalue weighted by Crippen LogP contribution is 2.38. The highest BCUT2D eigenvalue weighted by Gasteiger charge is 2.61. The molecule has 25 heavy (non-hydrogen) atoms.